The topological polar surface area (TPSA) is 67.9 Å². The van der Waals surface area contributed by atoms with Crippen molar-refractivity contribution < 1.29 is 32.2 Å². The van der Waals surface area contributed by atoms with Crippen LogP contribution in [0.4, 0.5) is 18.0 Å². The zero-order valence-corrected chi connectivity index (χ0v) is 16.1. The molecule has 29 heavy (non-hydrogen) atoms. The molecule has 6 nitrogen and oxygen atoms in total. The van der Waals surface area contributed by atoms with Crippen LogP contribution in [0.5, 0.6) is 5.75 Å². The van der Waals surface area contributed by atoms with Gasteiger partial charge in [-0.3, -0.25) is 4.79 Å². The number of hydrogen-bond donors (Lipinski definition) is 1. The molecule has 1 aromatic rings. The van der Waals surface area contributed by atoms with Gasteiger partial charge in [-0.1, -0.05) is 12.1 Å². The maximum atomic E-state index is 12.7. The average molecular weight is 412 g/mol. The maximum absolute atomic E-state index is 12.7. The lowest BCUT2D eigenvalue weighted by molar-refractivity contribution is -0.274. The second kappa shape index (κ2) is 7.11. The molecule has 0 unspecified atom stereocenters. The van der Waals surface area contributed by atoms with Crippen molar-refractivity contribution in [1.29, 1.82) is 0 Å². The standard InChI is InChI=1S/C20H23F3N2O4/c1-12-2-3-14(8-16(12)29-20(21,22)23)13-4-6-25(7-5-13)17(26)15-9-19(10-15)11-28-18(27)24-19/h2-3,8,13,15H,4-7,9-11H2,1H3,(H,24,27). The number of benzene rings is 1. The summed E-state index contributed by atoms with van der Waals surface area (Å²) in [7, 11) is 0. The summed E-state index contributed by atoms with van der Waals surface area (Å²) in [5.41, 5.74) is 0.850. The third-order valence-electron chi connectivity index (χ3n) is 6.19. The quantitative estimate of drug-likeness (QED) is 0.825. The van der Waals surface area contributed by atoms with Crippen LogP contribution in [0.15, 0.2) is 18.2 Å². The van der Waals surface area contributed by atoms with Gasteiger partial charge in [0.2, 0.25) is 5.91 Å². The number of piperidine rings is 1. The summed E-state index contributed by atoms with van der Waals surface area (Å²) in [4.78, 5) is 25.8. The van der Waals surface area contributed by atoms with Crippen molar-refractivity contribution in [2.24, 2.45) is 5.92 Å². The summed E-state index contributed by atoms with van der Waals surface area (Å²) in [5.74, 6) is -0.112. The zero-order chi connectivity index (χ0) is 20.8. The van der Waals surface area contributed by atoms with Gasteiger partial charge in [-0.15, -0.1) is 13.2 Å². The third-order valence-corrected chi connectivity index (χ3v) is 6.19. The van der Waals surface area contributed by atoms with Gasteiger partial charge in [0.05, 0.1) is 5.54 Å². The number of halogens is 3. The van der Waals surface area contributed by atoms with Crippen LogP contribution >= 0.6 is 0 Å². The van der Waals surface area contributed by atoms with E-state index in [-0.39, 0.29) is 29.0 Å². The van der Waals surface area contributed by atoms with Gasteiger partial charge in [-0.25, -0.2) is 4.79 Å². The predicted octanol–water partition coefficient (Wildman–Crippen LogP) is 3.49. The van der Waals surface area contributed by atoms with Crippen LogP contribution in [0, 0.1) is 12.8 Å². The number of alkyl halides is 3. The Morgan fingerprint density at radius 2 is 1.97 bits per heavy atom. The molecule has 1 spiro atoms. The molecule has 2 saturated heterocycles. The van der Waals surface area contributed by atoms with Crippen molar-refractivity contribution in [2.45, 2.75) is 50.4 Å². The van der Waals surface area contributed by atoms with Gasteiger partial charge in [-0.2, -0.15) is 0 Å². The second-order valence-corrected chi connectivity index (χ2v) is 8.26. The fourth-order valence-electron chi connectivity index (χ4n) is 4.57. The molecule has 158 valence electrons. The van der Waals surface area contributed by atoms with E-state index in [9.17, 15) is 22.8 Å². The van der Waals surface area contributed by atoms with E-state index in [4.69, 9.17) is 4.74 Å². The second-order valence-electron chi connectivity index (χ2n) is 8.26. The Hall–Kier alpha value is -2.45. The number of nitrogens with zero attached hydrogens (tertiary/aromatic N) is 1. The summed E-state index contributed by atoms with van der Waals surface area (Å²) >= 11 is 0. The Kier molecular flexibility index (Phi) is 4.86. The van der Waals surface area contributed by atoms with Crippen LogP contribution in [0.1, 0.15) is 42.7 Å². The highest BCUT2D eigenvalue weighted by molar-refractivity contribution is 5.81. The molecule has 3 aliphatic rings. The molecule has 2 amide bonds. The van der Waals surface area contributed by atoms with E-state index in [1.807, 2.05) is 11.0 Å². The number of likely N-dealkylation sites (tertiary alicyclic amines) is 1. The zero-order valence-electron chi connectivity index (χ0n) is 16.1. The molecule has 3 fully saturated rings. The highest BCUT2D eigenvalue weighted by Gasteiger charge is 2.53. The Morgan fingerprint density at radius 3 is 2.55 bits per heavy atom. The third kappa shape index (κ3) is 4.13. The smallest absolute Gasteiger partial charge is 0.447 e. The molecule has 0 aromatic heterocycles. The molecule has 2 aliphatic heterocycles. The minimum absolute atomic E-state index is 0.0835. The number of carbonyl (C=O) groups excluding carboxylic acids is 2. The molecule has 0 bridgehead atoms. The molecular formula is C20H23F3N2O4. The van der Waals surface area contributed by atoms with Gasteiger partial charge >= 0.3 is 12.5 Å². The Bertz CT molecular complexity index is 812. The normalized spacial score (nSPS) is 27.4. The van der Waals surface area contributed by atoms with Gasteiger partial charge < -0.3 is 19.7 Å². The first kappa shape index (κ1) is 19.8. The van der Waals surface area contributed by atoms with Crippen molar-refractivity contribution in [3.05, 3.63) is 29.3 Å². The molecule has 1 aromatic carbocycles. The Morgan fingerprint density at radius 1 is 1.28 bits per heavy atom. The molecule has 1 saturated carbocycles. The van der Waals surface area contributed by atoms with Crippen molar-refractivity contribution in [3.63, 3.8) is 0 Å². The molecule has 9 heteroatoms. The van der Waals surface area contributed by atoms with Crippen LogP contribution in [-0.2, 0) is 9.53 Å². The first-order valence-corrected chi connectivity index (χ1v) is 9.74. The number of nitrogens with one attached hydrogen (secondary N) is 1. The van der Waals surface area contributed by atoms with E-state index in [2.05, 4.69) is 10.1 Å². The average Bonchev–Trinajstić information content (AvgIpc) is 3.03. The summed E-state index contributed by atoms with van der Waals surface area (Å²) in [6, 6.07) is 4.93. The summed E-state index contributed by atoms with van der Waals surface area (Å²) in [6.45, 7) is 3.03. The first-order chi connectivity index (χ1) is 13.6. The summed E-state index contributed by atoms with van der Waals surface area (Å²) < 4.78 is 46.8. The van der Waals surface area contributed by atoms with Crippen molar-refractivity contribution in [1.82, 2.24) is 10.2 Å². The number of amides is 2. The number of cyclic esters (lactones) is 1. The van der Waals surface area contributed by atoms with Gasteiger partial charge in [0.1, 0.15) is 12.4 Å². The molecular weight excluding hydrogens is 389 g/mol. The number of rotatable bonds is 3. The lowest BCUT2D eigenvalue weighted by Gasteiger charge is -2.45. The van der Waals surface area contributed by atoms with E-state index in [0.717, 1.165) is 5.56 Å². The largest absolute Gasteiger partial charge is 0.573 e. The fourth-order valence-corrected chi connectivity index (χ4v) is 4.57. The van der Waals surface area contributed by atoms with Crippen LogP contribution < -0.4 is 10.1 Å². The van der Waals surface area contributed by atoms with Crippen molar-refractivity contribution in [3.8, 4) is 5.75 Å². The lowest BCUT2D eigenvalue weighted by Crippen LogP contribution is -2.58. The number of ether oxygens (including phenoxy) is 2. The van der Waals surface area contributed by atoms with Crippen LogP contribution in [0.25, 0.3) is 0 Å². The number of alkyl carbamates (subject to hydrolysis) is 1. The van der Waals surface area contributed by atoms with E-state index in [1.165, 1.54) is 6.07 Å². The van der Waals surface area contributed by atoms with Gasteiger partial charge in [0.15, 0.2) is 0 Å². The molecule has 4 rings (SSSR count). The van der Waals surface area contributed by atoms with Crippen molar-refractivity contribution in [2.75, 3.05) is 19.7 Å². The number of aryl methyl sites for hydroxylation is 1. The van der Waals surface area contributed by atoms with E-state index >= 15 is 0 Å². The first-order valence-electron chi connectivity index (χ1n) is 9.74. The Balaban J connectivity index is 1.32. The fraction of sp³-hybridized carbons (Fsp3) is 0.600. The van der Waals surface area contributed by atoms with Crippen LogP contribution in [0.3, 0.4) is 0 Å². The van der Waals surface area contributed by atoms with Gasteiger partial charge in [0, 0.05) is 19.0 Å². The molecule has 0 atom stereocenters. The van der Waals surface area contributed by atoms with Crippen molar-refractivity contribution >= 4 is 12.0 Å². The predicted molar refractivity (Wildman–Crippen MR) is 96.4 cm³/mol. The monoisotopic (exact) mass is 412 g/mol. The van der Waals surface area contributed by atoms with E-state index in [1.54, 1.807) is 13.0 Å². The SMILES string of the molecule is Cc1ccc(C2CCN(C(=O)C3CC4(COC(=O)N4)C3)CC2)cc1OC(F)(F)F. The Labute approximate surface area is 166 Å². The lowest BCUT2D eigenvalue weighted by atomic mass is 9.68. The summed E-state index contributed by atoms with van der Waals surface area (Å²) in [6.07, 6.45) is -2.58. The number of hydrogen-bond acceptors (Lipinski definition) is 4. The minimum Gasteiger partial charge on any atom is -0.447 e. The van der Waals surface area contributed by atoms with Crippen LogP contribution in [-0.4, -0.2) is 48.5 Å². The molecule has 1 N–H and O–H groups in total. The van der Waals surface area contributed by atoms with E-state index < -0.39 is 12.5 Å². The van der Waals surface area contributed by atoms with Crippen LogP contribution in [0.2, 0.25) is 0 Å². The maximum Gasteiger partial charge on any atom is 0.573 e. The summed E-state index contributed by atoms with van der Waals surface area (Å²) in [5, 5.41) is 2.79. The minimum atomic E-state index is -4.72. The number of carbonyl (C=O) groups is 2. The highest BCUT2D eigenvalue weighted by atomic mass is 19.4. The molecule has 2 heterocycles. The van der Waals surface area contributed by atoms with E-state index in [0.29, 0.717) is 50.9 Å². The molecule has 1 aliphatic carbocycles. The van der Waals surface area contributed by atoms with Gasteiger partial charge in [-0.05, 0) is 55.7 Å². The highest BCUT2D eigenvalue weighted by Crippen LogP contribution is 2.42. The van der Waals surface area contributed by atoms with Gasteiger partial charge in [0.25, 0.3) is 0 Å². The molecule has 0 radical (unpaired) electrons.